The number of aryl methyl sites for hydroxylation is 2. The highest BCUT2D eigenvalue weighted by atomic mass is 32.2. The van der Waals surface area contributed by atoms with Gasteiger partial charge in [0.15, 0.2) is 0 Å². The maximum absolute atomic E-state index is 12.5. The number of sulfonamides is 1. The van der Waals surface area contributed by atoms with Crippen molar-refractivity contribution >= 4 is 15.9 Å². The molecule has 0 aliphatic carbocycles. The first-order valence-corrected chi connectivity index (χ1v) is 10.3. The molecule has 0 bridgehead atoms. The average molecular weight is 391 g/mol. The highest BCUT2D eigenvalue weighted by Crippen LogP contribution is 2.21. The van der Waals surface area contributed by atoms with Crippen molar-refractivity contribution < 1.29 is 17.9 Å². The van der Waals surface area contributed by atoms with Crippen LogP contribution in [0.15, 0.2) is 47.4 Å². The van der Waals surface area contributed by atoms with E-state index in [9.17, 15) is 13.2 Å². The molecule has 1 atom stereocenters. The molecule has 0 saturated heterocycles. The van der Waals surface area contributed by atoms with Gasteiger partial charge in [-0.15, -0.1) is 0 Å². The van der Waals surface area contributed by atoms with Crippen molar-refractivity contribution in [2.45, 2.75) is 45.2 Å². The molecular formula is C20H26N2O4S. The Bertz CT molecular complexity index is 893. The fourth-order valence-corrected chi connectivity index (χ4v) is 3.80. The van der Waals surface area contributed by atoms with Crippen LogP contribution in [-0.4, -0.2) is 27.0 Å². The zero-order chi connectivity index (χ0) is 20.0. The van der Waals surface area contributed by atoms with E-state index in [-0.39, 0.29) is 10.8 Å². The topological polar surface area (TPSA) is 84.5 Å². The van der Waals surface area contributed by atoms with Crippen LogP contribution in [0.1, 0.15) is 30.5 Å². The van der Waals surface area contributed by atoms with Crippen molar-refractivity contribution in [3.8, 4) is 5.75 Å². The summed E-state index contributed by atoms with van der Waals surface area (Å²) in [6.45, 7) is 7.99. The van der Waals surface area contributed by atoms with Crippen LogP contribution in [0.5, 0.6) is 5.75 Å². The third-order valence-electron chi connectivity index (χ3n) is 4.07. The zero-order valence-electron chi connectivity index (χ0n) is 16.1. The van der Waals surface area contributed by atoms with E-state index in [0.29, 0.717) is 18.9 Å². The van der Waals surface area contributed by atoms with Gasteiger partial charge in [0.25, 0.3) is 0 Å². The molecule has 0 aliphatic rings. The monoisotopic (exact) mass is 390 g/mol. The van der Waals surface area contributed by atoms with E-state index >= 15 is 0 Å². The number of benzene rings is 2. The molecule has 0 radical (unpaired) electrons. The summed E-state index contributed by atoms with van der Waals surface area (Å²) in [6, 6.07) is 11.5. The van der Waals surface area contributed by atoms with Gasteiger partial charge in [0.1, 0.15) is 5.75 Å². The Morgan fingerprint density at radius 3 is 2.37 bits per heavy atom. The third kappa shape index (κ3) is 5.80. The number of ether oxygens (including phenoxy) is 1. The second kappa shape index (κ2) is 9.01. The van der Waals surface area contributed by atoms with Crippen molar-refractivity contribution in [3.63, 3.8) is 0 Å². The first-order chi connectivity index (χ1) is 12.7. The van der Waals surface area contributed by atoms with E-state index in [1.54, 1.807) is 13.0 Å². The first kappa shape index (κ1) is 20.9. The van der Waals surface area contributed by atoms with Crippen LogP contribution >= 0.6 is 0 Å². The standard InChI is InChI=1S/C20H26N2O4S/c1-5-26-19-11-10-18(12-15(19)3)27(24,25)22-16(4)20(23)21-13-17-8-6-14(2)7-9-17/h6-12,16,22H,5,13H2,1-4H3,(H,21,23)/t16-/m1/s1. The molecule has 0 unspecified atom stereocenters. The van der Waals surface area contributed by atoms with Crippen molar-refractivity contribution in [2.24, 2.45) is 0 Å². The molecule has 0 aromatic heterocycles. The number of hydrogen-bond acceptors (Lipinski definition) is 4. The third-order valence-corrected chi connectivity index (χ3v) is 5.61. The van der Waals surface area contributed by atoms with Gasteiger partial charge >= 0.3 is 0 Å². The van der Waals surface area contributed by atoms with Crippen LogP contribution in [0.25, 0.3) is 0 Å². The molecule has 2 aromatic carbocycles. The number of nitrogens with one attached hydrogen (secondary N) is 2. The van der Waals surface area contributed by atoms with E-state index in [2.05, 4.69) is 10.0 Å². The molecule has 0 spiro atoms. The molecule has 2 rings (SSSR count). The van der Waals surface area contributed by atoms with Crippen molar-refractivity contribution in [3.05, 3.63) is 59.2 Å². The van der Waals surface area contributed by atoms with Gasteiger partial charge in [0.2, 0.25) is 15.9 Å². The average Bonchev–Trinajstić information content (AvgIpc) is 2.62. The van der Waals surface area contributed by atoms with Crippen LogP contribution < -0.4 is 14.8 Å². The van der Waals surface area contributed by atoms with Crippen LogP contribution in [-0.2, 0) is 21.4 Å². The predicted molar refractivity (Wildman–Crippen MR) is 105 cm³/mol. The SMILES string of the molecule is CCOc1ccc(S(=O)(=O)N[C@H](C)C(=O)NCc2ccc(C)cc2)cc1C. The van der Waals surface area contributed by atoms with Crippen molar-refractivity contribution in [2.75, 3.05) is 6.61 Å². The Kier molecular flexibility index (Phi) is 6.98. The van der Waals surface area contributed by atoms with Gasteiger partial charge in [-0.1, -0.05) is 29.8 Å². The lowest BCUT2D eigenvalue weighted by Crippen LogP contribution is -2.44. The Hall–Kier alpha value is -2.38. The van der Waals surface area contributed by atoms with Gasteiger partial charge in [-0.3, -0.25) is 4.79 Å². The van der Waals surface area contributed by atoms with Crippen molar-refractivity contribution in [1.29, 1.82) is 0 Å². The number of amides is 1. The van der Waals surface area contributed by atoms with E-state index in [0.717, 1.165) is 16.7 Å². The summed E-state index contributed by atoms with van der Waals surface area (Å²) in [6.07, 6.45) is 0. The number of rotatable bonds is 8. The van der Waals surface area contributed by atoms with E-state index in [1.807, 2.05) is 38.1 Å². The second-order valence-corrected chi connectivity index (χ2v) is 8.12. The lowest BCUT2D eigenvalue weighted by atomic mass is 10.1. The molecule has 0 fully saturated rings. The summed E-state index contributed by atoms with van der Waals surface area (Å²) < 4.78 is 32.9. The van der Waals surface area contributed by atoms with Gasteiger partial charge in [-0.2, -0.15) is 4.72 Å². The Morgan fingerprint density at radius 2 is 1.78 bits per heavy atom. The zero-order valence-corrected chi connectivity index (χ0v) is 16.9. The van der Waals surface area contributed by atoms with E-state index in [1.165, 1.54) is 19.1 Å². The van der Waals surface area contributed by atoms with Gasteiger partial charge in [0.05, 0.1) is 17.5 Å². The Balaban J connectivity index is 2.00. The van der Waals surface area contributed by atoms with Crippen LogP contribution in [0.4, 0.5) is 0 Å². The molecule has 7 heteroatoms. The lowest BCUT2D eigenvalue weighted by Gasteiger charge is -2.15. The van der Waals surface area contributed by atoms with Crippen LogP contribution in [0.2, 0.25) is 0 Å². The molecule has 0 saturated carbocycles. The Morgan fingerprint density at radius 1 is 1.11 bits per heavy atom. The summed E-state index contributed by atoms with van der Waals surface area (Å²) in [5.74, 6) is 0.252. The quantitative estimate of drug-likeness (QED) is 0.726. The van der Waals surface area contributed by atoms with Crippen LogP contribution in [0, 0.1) is 13.8 Å². The molecule has 0 aliphatic heterocycles. The first-order valence-electron chi connectivity index (χ1n) is 8.82. The summed E-state index contributed by atoms with van der Waals surface area (Å²) in [5.41, 5.74) is 2.80. The minimum Gasteiger partial charge on any atom is -0.494 e. The molecule has 146 valence electrons. The fourth-order valence-electron chi connectivity index (χ4n) is 2.51. The van der Waals surface area contributed by atoms with Gasteiger partial charge in [-0.05, 0) is 57.0 Å². The molecular weight excluding hydrogens is 364 g/mol. The lowest BCUT2D eigenvalue weighted by molar-refractivity contribution is -0.122. The van der Waals surface area contributed by atoms with E-state index in [4.69, 9.17) is 4.74 Å². The highest BCUT2D eigenvalue weighted by Gasteiger charge is 2.22. The summed E-state index contributed by atoms with van der Waals surface area (Å²) in [5, 5.41) is 2.74. The van der Waals surface area contributed by atoms with Gasteiger partial charge in [0, 0.05) is 6.54 Å². The van der Waals surface area contributed by atoms with Gasteiger partial charge in [-0.25, -0.2) is 8.42 Å². The normalized spacial score (nSPS) is 12.4. The second-order valence-electron chi connectivity index (χ2n) is 6.41. The molecule has 2 N–H and O–H groups in total. The molecule has 1 amide bonds. The van der Waals surface area contributed by atoms with Crippen molar-refractivity contribution in [1.82, 2.24) is 10.0 Å². The summed E-state index contributed by atoms with van der Waals surface area (Å²) in [4.78, 5) is 12.3. The maximum atomic E-state index is 12.5. The molecule has 2 aromatic rings. The maximum Gasteiger partial charge on any atom is 0.241 e. The fraction of sp³-hybridized carbons (Fsp3) is 0.350. The number of carbonyl (C=O) groups is 1. The smallest absolute Gasteiger partial charge is 0.241 e. The molecule has 0 heterocycles. The number of carbonyl (C=O) groups excluding carboxylic acids is 1. The number of hydrogen-bond donors (Lipinski definition) is 2. The van der Waals surface area contributed by atoms with Crippen LogP contribution in [0.3, 0.4) is 0 Å². The minimum absolute atomic E-state index is 0.0987. The van der Waals surface area contributed by atoms with E-state index < -0.39 is 16.1 Å². The minimum atomic E-state index is -3.81. The Labute approximate surface area is 161 Å². The summed E-state index contributed by atoms with van der Waals surface area (Å²) in [7, 11) is -3.81. The molecule has 6 nitrogen and oxygen atoms in total. The highest BCUT2D eigenvalue weighted by molar-refractivity contribution is 7.89. The predicted octanol–water partition coefficient (Wildman–Crippen LogP) is 2.69. The summed E-state index contributed by atoms with van der Waals surface area (Å²) >= 11 is 0. The largest absolute Gasteiger partial charge is 0.494 e. The van der Waals surface area contributed by atoms with Gasteiger partial charge < -0.3 is 10.1 Å². The molecule has 27 heavy (non-hydrogen) atoms.